The predicted octanol–water partition coefficient (Wildman–Crippen LogP) is 0.847. The van der Waals surface area contributed by atoms with Gasteiger partial charge < -0.3 is 11.1 Å². The second-order valence-electron chi connectivity index (χ2n) is 4.33. The van der Waals surface area contributed by atoms with Crippen molar-refractivity contribution < 1.29 is 9.18 Å². The van der Waals surface area contributed by atoms with Crippen LogP contribution < -0.4 is 11.1 Å². The maximum absolute atomic E-state index is 13.7. The quantitative estimate of drug-likeness (QED) is 0.869. The van der Waals surface area contributed by atoms with Crippen molar-refractivity contribution in [2.75, 3.05) is 19.6 Å². The highest BCUT2D eigenvalue weighted by Crippen LogP contribution is 2.18. The normalized spacial score (nSPS) is 20.9. The molecule has 6 heteroatoms. The van der Waals surface area contributed by atoms with Crippen molar-refractivity contribution in [3.8, 4) is 0 Å². The lowest BCUT2D eigenvalue weighted by Crippen LogP contribution is -2.56. The lowest BCUT2D eigenvalue weighted by molar-refractivity contribution is -0.124. The fraction of sp³-hybridized carbons (Fsp3) is 0.417. The molecule has 1 aromatic rings. The summed E-state index contributed by atoms with van der Waals surface area (Å²) in [6.45, 7) is 2.38. The van der Waals surface area contributed by atoms with Crippen molar-refractivity contribution in [2.45, 2.75) is 12.6 Å². The average molecular weight is 316 g/mol. The Hall–Kier alpha value is -0.980. The standard InChI is InChI=1S/C12H15BrFN3O/c13-9-2-1-8(10(14)5-9)7-17-4-3-16-6-11(17)12(15)18/h1-2,5,11,16H,3-4,6-7H2,(H2,15,18). The first-order valence-electron chi connectivity index (χ1n) is 5.76. The molecule has 1 unspecified atom stereocenters. The van der Waals surface area contributed by atoms with E-state index < -0.39 is 0 Å². The van der Waals surface area contributed by atoms with E-state index in [-0.39, 0.29) is 17.8 Å². The van der Waals surface area contributed by atoms with Crippen LogP contribution in [-0.4, -0.2) is 36.5 Å². The smallest absolute Gasteiger partial charge is 0.236 e. The van der Waals surface area contributed by atoms with Crippen LogP contribution in [0.4, 0.5) is 4.39 Å². The van der Waals surface area contributed by atoms with E-state index >= 15 is 0 Å². The van der Waals surface area contributed by atoms with E-state index in [0.717, 1.165) is 6.54 Å². The Kier molecular flexibility index (Phi) is 4.31. The largest absolute Gasteiger partial charge is 0.368 e. The molecule has 3 N–H and O–H groups in total. The van der Waals surface area contributed by atoms with Crippen molar-refractivity contribution >= 4 is 21.8 Å². The van der Waals surface area contributed by atoms with Crippen LogP contribution in [0.3, 0.4) is 0 Å². The van der Waals surface area contributed by atoms with Crippen LogP contribution >= 0.6 is 15.9 Å². The lowest BCUT2D eigenvalue weighted by atomic mass is 10.1. The zero-order valence-corrected chi connectivity index (χ0v) is 11.4. The maximum atomic E-state index is 13.7. The molecule has 1 aromatic carbocycles. The number of nitrogens with one attached hydrogen (secondary N) is 1. The lowest BCUT2D eigenvalue weighted by Gasteiger charge is -2.34. The van der Waals surface area contributed by atoms with Crippen LogP contribution in [0.15, 0.2) is 22.7 Å². The number of hydrogen-bond donors (Lipinski definition) is 2. The zero-order valence-electron chi connectivity index (χ0n) is 9.83. The van der Waals surface area contributed by atoms with Crippen molar-refractivity contribution in [3.63, 3.8) is 0 Å². The SMILES string of the molecule is NC(=O)C1CNCCN1Cc1ccc(Br)cc1F. The monoisotopic (exact) mass is 315 g/mol. The number of nitrogens with two attached hydrogens (primary N) is 1. The number of carbonyl (C=O) groups is 1. The second kappa shape index (κ2) is 5.77. The van der Waals surface area contributed by atoms with Crippen molar-refractivity contribution in [2.24, 2.45) is 5.73 Å². The van der Waals surface area contributed by atoms with Gasteiger partial charge in [-0.3, -0.25) is 9.69 Å². The number of rotatable bonds is 3. The van der Waals surface area contributed by atoms with E-state index in [0.29, 0.717) is 29.7 Å². The molecule has 98 valence electrons. The summed E-state index contributed by atoms with van der Waals surface area (Å²) in [6, 6.07) is 4.57. The minimum absolute atomic E-state index is 0.272. The first-order chi connectivity index (χ1) is 8.58. The Labute approximate surface area is 113 Å². The minimum atomic E-state index is -0.375. The molecule has 1 aliphatic rings. The molecule has 0 saturated carbocycles. The van der Waals surface area contributed by atoms with Crippen molar-refractivity contribution in [1.29, 1.82) is 0 Å². The molecule has 0 aromatic heterocycles. The van der Waals surface area contributed by atoms with Gasteiger partial charge in [0.2, 0.25) is 5.91 Å². The molecule has 4 nitrogen and oxygen atoms in total. The van der Waals surface area contributed by atoms with Crippen molar-refractivity contribution in [1.82, 2.24) is 10.2 Å². The summed E-state index contributed by atoms with van der Waals surface area (Å²) in [4.78, 5) is 13.2. The molecule has 1 amide bonds. The fourth-order valence-electron chi connectivity index (χ4n) is 2.08. The molecule has 1 fully saturated rings. The molecule has 0 aliphatic carbocycles. The van der Waals surface area contributed by atoms with Crippen LogP contribution in [0.2, 0.25) is 0 Å². The maximum Gasteiger partial charge on any atom is 0.236 e. The summed E-state index contributed by atoms with van der Waals surface area (Å²) >= 11 is 3.22. The number of nitrogens with zero attached hydrogens (tertiary/aromatic N) is 1. The molecule has 1 atom stereocenters. The molecule has 1 saturated heterocycles. The van der Waals surface area contributed by atoms with E-state index in [2.05, 4.69) is 21.2 Å². The zero-order chi connectivity index (χ0) is 13.1. The Morgan fingerprint density at radius 3 is 3.06 bits per heavy atom. The van der Waals surface area contributed by atoms with Crippen LogP contribution in [0.25, 0.3) is 0 Å². The first-order valence-corrected chi connectivity index (χ1v) is 6.55. The van der Waals surface area contributed by atoms with Gasteiger partial charge in [-0.05, 0) is 12.1 Å². The molecular weight excluding hydrogens is 301 g/mol. The Morgan fingerprint density at radius 1 is 1.61 bits per heavy atom. The van der Waals surface area contributed by atoms with Crippen LogP contribution in [0, 0.1) is 5.82 Å². The summed E-state index contributed by atoms with van der Waals surface area (Å²) in [6.07, 6.45) is 0. The Bertz CT molecular complexity index is 455. The van der Waals surface area contributed by atoms with Gasteiger partial charge in [-0.1, -0.05) is 22.0 Å². The van der Waals surface area contributed by atoms with Gasteiger partial charge >= 0.3 is 0 Å². The van der Waals surface area contributed by atoms with Gasteiger partial charge in [-0.25, -0.2) is 4.39 Å². The molecular formula is C12H15BrFN3O. The topological polar surface area (TPSA) is 58.4 Å². The van der Waals surface area contributed by atoms with E-state index in [1.807, 2.05) is 4.90 Å². The molecule has 0 spiro atoms. The summed E-state index contributed by atoms with van der Waals surface area (Å²) in [5.41, 5.74) is 5.93. The number of piperazine rings is 1. The molecule has 0 bridgehead atoms. The van der Waals surface area contributed by atoms with Gasteiger partial charge in [0.25, 0.3) is 0 Å². The number of amides is 1. The Balaban J connectivity index is 2.13. The van der Waals surface area contributed by atoms with Crippen LogP contribution in [0.1, 0.15) is 5.56 Å². The van der Waals surface area contributed by atoms with E-state index in [1.54, 1.807) is 12.1 Å². The number of benzene rings is 1. The van der Waals surface area contributed by atoms with E-state index in [9.17, 15) is 9.18 Å². The number of hydrogen-bond acceptors (Lipinski definition) is 3. The molecule has 0 radical (unpaired) electrons. The number of primary amides is 1. The highest BCUT2D eigenvalue weighted by atomic mass is 79.9. The summed E-state index contributed by atoms with van der Waals surface area (Å²) in [5.74, 6) is -0.647. The molecule has 1 aliphatic heterocycles. The summed E-state index contributed by atoms with van der Waals surface area (Å²) in [7, 11) is 0. The fourth-order valence-corrected chi connectivity index (χ4v) is 2.42. The molecule has 18 heavy (non-hydrogen) atoms. The highest BCUT2D eigenvalue weighted by Gasteiger charge is 2.27. The summed E-state index contributed by atoms with van der Waals surface area (Å²) in [5, 5.41) is 3.11. The van der Waals surface area contributed by atoms with Crippen molar-refractivity contribution in [3.05, 3.63) is 34.1 Å². The molecule has 1 heterocycles. The number of halogens is 2. The third-order valence-electron chi connectivity index (χ3n) is 3.07. The highest BCUT2D eigenvalue weighted by molar-refractivity contribution is 9.10. The predicted molar refractivity (Wildman–Crippen MR) is 70.4 cm³/mol. The third kappa shape index (κ3) is 3.07. The number of carbonyl (C=O) groups excluding carboxylic acids is 1. The second-order valence-corrected chi connectivity index (χ2v) is 5.24. The summed E-state index contributed by atoms with van der Waals surface area (Å²) < 4.78 is 14.4. The minimum Gasteiger partial charge on any atom is -0.368 e. The van der Waals surface area contributed by atoms with Gasteiger partial charge in [0, 0.05) is 36.2 Å². The van der Waals surface area contributed by atoms with Gasteiger partial charge in [0.15, 0.2) is 0 Å². The average Bonchev–Trinajstić information content (AvgIpc) is 2.33. The third-order valence-corrected chi connectivity index (χ3v) is 3.56. The van der Waals surface area contributed by atoms with Gasteiger partial charge in [0.1, 0.15) is 11.9 Å². The van der Waals surface area contributed by atoms with E-state index in [4.69, 9.17) is 5.73 Å². The molecule has 2 rings (SSSR count). The van der Waals surface area contributed by atoms with Gasteiger partial charge in [-0.15, -0.1) is 0 Å². The van der Waals surface area contributed by atoms with E-state index in [1.165, 1.54) is 6.07 Å². The van der Waals surface area contributed by atoms with Crippen LogP contribution in [0.5, 0.6) is 0 Å². The Morgan fingerprint density at radius 2 is 2.39 bits per heavy atom. The first kappa shape index (κ1) is 13.5. The van der Waals surface area contributed by atoms with Gasteiger partial charge in [0.05, 0.1) is 0 Å². The van der Waals surface area contributed by atoms with Gasteiger partial charge in [-0.2, -0.15) is 0 Å². The van der Waals surface area contributed by atoms with Crippen LogP contribution in [-0.2, 0) is 11.3 Å².